The Kier molecular flexibility index (Phi) is 9.56. The summed E-state index contributed by atoms with van der Waals surface area (Å²) < 4.78 is 5.49. The van der Waals surface area contributed by atoms with Gasteiger partial charge in [0.1, 0.15) is 5.75 Å². The molecular formula is C27H28N4O4. The Morgan fingerprint density at radius 3 is 2.23 bits per heavy atom. The normalized spacial score (nSPS) is 11.5. The Hall–Kier alpha value is -4.46. The molecule has 3 N–H and O–H groups in total. The van der Waals surface area contributed by atoms with Crippen molar-refractivity contribution in [2.24, 2.45) is 5.10 Å². The molecule has 180 valence electrons. The summed E-state index contributed by atoms with van der Waals surface area (Å²) in [5.74, 6) is -1.31. The van der Waals surface area contributed by atoms with E-state index in [1.165, 1.54) is 6.21 Å². The first-order valence-corrected chi connectivity index (χ1v) is 11.2. The highest BCUT2D eigenvalue weighted by atomic mass is 16.5. The van der Waals surface area contributed by atoms with Gasteiger partial charge in [0, 0.05) is 6.54 Å². The van der Waals surface area contributed by atoms with Crippen molar-refractivity contribution in [3.05, 3.63) is 102 Å². The highest BCUT2D eigenvalue weighted by molar-refractivity contribution is 6.35. The van der Waals surface area contributed by atoms with E-state index in [0.29, 0.717) is 17.9 Å². The predicted octanol–water partition coefficient (Wildman–Crippen LogP) is 2.75. The van der Waals surface area contributed by atoms with Crippen LogP contribution in [0.2, 0.25) is 0 Å². The molecule has 0 bridgehead atoms. The van der Waals surface area contributed by atoms with E-state index in [9.17, 15) is 14.4 Å². The van der Waals surface area contributed by atoms with Crippen LogP contribution in [0.1, 0.15) is 29.7 Å². The van der Waals surface area contributed by atoms with E-state index in [2.05, 4.69) is 21.2 Å². The van der Waals surface area contributed by atoms with Gasteiger partial charge in [0.25, 0.3) is 5.91 Å². The summed E-state index contributed by atoms with van der Waals surface area (Å²) in [5, 5.41) is 9.26. The maximum absolute atomic E-state index is 12.0. The van der Waals surface area contributed by atoms with E-state index in [0.717, 1.165) is 17.5 Å². The Balaban J connectivity index is 1.36. The molecule has 0 aromatic heterocycles. The molecule has 0 aliphatic carbocycles. The molecule has 35 heavy (non-hydrogen) atoms. The van der Waals surface area contributed by atoms with Crippen LogP contribution in [0.5, 0.6) is 5.75 Å². The third kappa shape index (κ3) is 8.77. The molecular weight excluding hydrogens is 444 g/mol. The molecule has 0 aliphatic heterocycles. The zero-order chi connectivity index (χ0) is 24.9. The number of nitrogens with one attached hydrogen (secondary N) is 3. The van der Waals surface area contributed by atoms with E-state index in [4.69, 9.17) is 4.74 Å². The third-order valence-electron chi connectivity index (χ3n) is 5.06. The molecule has 0 aliphatic rings. The molecule has 3 amide bonds. The fraction of sp³-hybridized carbons (Fsp3) is 0.185. The predicted molar refractivity (Wildman–Crippen MR) is 134 cm³/mol. The fourth-order valence-corrected chi connectivity index (χ4v) is 3.14. The Labute approximate surface area is 204 Å². The first kappa shape index (κ1) is 25.2. The molecule has 8 heteroatoms. The topological polar surface area (TPSA) is 109 Å². The van der Waals surface area contributed by atoms with Gasteiger partial charge in [-0.05, 0) is 54.3 Å². The number of hydrazone groups is 1. The third-order valence-corrected chi connectivity index (χ3v) is 5.06. The van der Waals surface area contributed by atoms with Gasteiger partial charge in [-0.1, -0.05) is 60.7 Å². The SMILES string of the molecule is C[C@H](NC(=O)C(=O)N/N=C\c1ccc(OCC(=O)NCCc2ccccc2)cc1)c1ccccc1. The molecule has 3 aromatic carbocycles. The molecule has 0 saturated carbocycles. The lowest BCUT2D eigenvalue weighted by Crippen LogP contribution is -2.39. The van der Waals surface area contributed by atoms with Crippen LogP contribution in [0.25, 0.3) is 0 Å². The molecule has 3 rings (SSSR count). The molecule has 0 heterocycles. The summed E-state index contributed by atoms with van der Waals surface area (Å²) >= 11 is 0. The Morgan fingerprint density at radius 1 is 0.886 bits per heavy atom. The maximum atomic E-state index is 12.0. The summed E-state index contributed by atoms with van der Waals surface area (Å²) in [4.78, 5) is 35.9. The molecule has 0 fully saturated rings. The fourth-order valence-electron chi connectivity index (χ4n) is 3.14. The molecule has 0 unspecified atom stereocenters. The summed E-state index contributed by atoms with van der Waals surface area (Å²) in [6.45, 7) is 2.24. The summed E-state index contributed by atoms with van der Waals surface area (Å²) in [6, 6.07) is 25.8. The van der Waals surface area contributed by atoms with Crippen LogP contribution in [-0.2, 0) is 20.8 Å². The van der Waals surface area contributed by atoms with Crippen molar-refractivity contribution >= 4 is 23.9 Å². The Morgan fingerprint density at radius 2 is 1.54 bits per heavy atom. The lowest BCUT2D eigenvalue weighted by atomic mass is 10.1. The Bertz CT molecular complexity index is 1130. The minimum atomic E-state index is -0.859. The average Bonchev–Trinajstić information content (AvgIpc) is 2.89. The van der Waals surface area contributed by atoms with Crippen LogP contribution < -0.4 is 20.8 Å². The van der Waals surface area contributed by atoms with Gasteiger partial charge in [-0.3, -0.25) is 14.4 Å². The van der Waals surface area contributed by atoms with Crippen molar-refractivity contribution in [3.63, 3.8) is 0 Å². The molecule has 8 nitrogen and oxygen atoms in total. The van der Waals surface area contributed by atoms with Crippen molar-refractivity contribution < 1.29 is 19.1 Å². The highest BCUT2D eigenvalue weighted by Gasteiger charge is 2.16. The second-order valence-corrected chi connectivity index (χ2v) is 7.75. The monoisotopic (exact) mass is 472 g/mol. The van der Waals surface area contributed by atoms with Crippen LogP contribution in [0.15, 0.2) is 90.0 Å². The summed E-state index contributed by atoms with van der Waals surface area (Å²) in [7, 11) is 0. The largest absolute Gasteiger partial charge is 0.484 e. The van der Waals surface area contributed by atoms with Crippen molar-refractivity contribution in [2.75, 3.05) is 13.2 Å². The highest BCUT2D eigenvalue weighted by Crippen LogP contribution is 2.11. The maximum Gasteiger partial charge on any atom is 0.329 e. The van der Waals surface area contributed by atoms with Crippen LogP contribution in [-0.4, -0.2) is 37.1 Å². The number of hydrogen-bond donors (Lipinski definition) is 3. The second-order valence-electron chi connectivity index (χ2n) is 7.75. The number of rotatable bonds is 10. The number of amides is 3. The van der Waals surface area contributed by atoms with Crippen LogP contribution in [0.3, 0.4) is 0 Å². The van der Waals surface area contributed by atoms with Gasteiger partial charge < -0.3 is 15.4 Å². The van der Waals surface area contributed by atoms with E-state index in [-0.39, 0.29) is 18.6 Å². The van der Waals surface area contributed by atoms with Crippen molar-refractivity contribution in [3.8, 4) is 5.75 Å². The molecule has 0 radical (unpaired) electrons. The number of carbonyl (C=O) groups excluding carboxylic acids is 3. The van der Waals surface area contributed by atoms with Gasteiger partial charge in [0.2, 0.25) is 0 Å². The van der Waals surface area contributed by atoms with Crippen molar-refractivity contribution in [2.45, 2.75) is 19.4 Å². The standard InChI is InChI=1S/C27H28N4O4/c1-20(23-10-6-3-7-11-23)30-26(33)27(34)31-29-18-22-12-14-24(15-13-22)35-19-25(32)28-17-16-21-8-4-2-5-9-21/h2-15,18,20H,16-17,19H2,1H3,(H,28,32)(H,30,33)(H,31,34)/b29-18-/t20-/m0/s1. The van der Waals surface area contributed by atoms with E-state index < -0.39 is 11.8 Å². The quantitative estimate of drug-likeness (QED) is 0.239. The van der Waals surface area contributed by atoms with E-state index in [1.807, 2.05) is 60.7 Å². The van der Waals surface area contributed by atoms with Crippen molar-refractivity contribution in [1.29, 1.82) is 0 Å². The zero-order valence-corrected chi connectivity index (χ0v) is 19.4. The van der Waals surface area contributed by atoms with Crippen molar-refractivity contribution in [1.82, 2.24) is 16.1 Å². The van der Waals surface area contributed by atoms with Gasteiger partial charge in [-0.25, -0.2) is 5.43 Å². The smallest absolute Gasteiger partial charge is 0.329 e. The van der Waals surface area contributed by atoms with Gasteiger partial charge >= 0.3 is 11.8 Å². The number of nitrogens with zero attached hydrogens (tertiary/aromatic N) is 1. The molecule has 0 spiro atoms. The number of benzene rings is 3. The van der Waals surface area contributed by atoms with Gasteiger partial charge in [0.05, 0.1) is 12.3 Å². The summed E-state index contributed by atoms with van der Waals surface area (Å²) in [6.07, 6.45) is 2.16. The molecule has 0 saturated heterocycles. The first-order valence-electron chi connectivity index (χ1n) is 11.2. The zero-order valence-electron chi connectivity index (χ0n) is 19.4. The lowest BCUT2D eigenvalue weighted by molar-refractivity contribution is -0.139. The minimum absolute atomic E-state index is 0.0885. The van der Waals surface area contributed by atoms with Crippen LogP contribution in [0, 0.1) is 0 Å². The van der Waals surface area contributed by atoms with Crippen LogP contribution in [0.4, 0.5) is 0 Å². The van der Waals surface area contributed by atoms with E-state index >= 15 is 0 Å². The minimum Gasteiger partial charge on any atom is -0.484 e. The molecule has 1 atom stereocenters. The lowest BCUT2D eigenvalue weighted by Gasteiger charge is -2.13. The van der Waals surface area contributed by atoms with Gasteiger partial charge in [0.15, 0.2) is 6.61 Å². The van der Waals surface area contributed by atoms with Gasteiger partial charge in [-0.15, -0.1) is 0 Å². The summed E-state index contributed by atoms with van der Waals surface area (Å²) in [5.41, 5.74) is 4.94. The van der Waals surface area contributed by atoms with Gasteiger partial charge in [-0.2, -0.15) is 5.10 Å². The van der Waals surface area contributed by atoms with Crippen LogP contribution >= 0.6 is 0 Å². The number of carbonyl (C=O) groups is 3. The first-order chi connectivity index (χ1) is 17.0. The van der Waals surface area contributed by atoms with E-state index in [1.54, 1.807) is 31.2 Å². The number of hydrogen-bond acceptors (Lipinski definition) is 5. The second kappa shape index (κ2) is 13.3. The molecule has 3 aromatic rings. The average molecular weight is 473 g/mol. The number of ether oxygens (including phenoxy) is 1.